The van der Waals surface area contributed by atoms with Gasteiger partial charge in [0.2, 0.25) is 0 Å². The van der Waals surface area contributed by atoms with Crippen molar-refractivity contribution in [3.63, 3.8) is 0 Å². The minimum atomic E-state index is -1.04. The summed E-state index contributed by atoms with van der Waals surface area (Å²) in [5.41, 5.74) is 2.64. The van der Waals surface area contributed by atoms with Gasteiger partial charge in [-0.05, 0) is 49.2 Å². The van der Waals surface area contributed by atoms with Crippen LogP contribution in [0.15, 0.2) is 36.4 Å². The van der Waals surface area contributed by atoms with Gasteiger partial charge < -0.3 is 10.4 Å². The maximum atomic E-state index is 12.3. The summed E-state index contributed by atoms with van der Waals surface area (Å²) < 4.78 is 0. The summed E-state index contributed by atoms with van der Waals surface area (Å²) in [5.74, 6) is -1.36. The lowest BCUT2D eigenvalue weighted by atomic mass is 10.1. The highest BCUT2D eigenvalue weighted by Gasteiger charge is 2.13. The molecule has 0 saturated heterocycles. The van der Waals surface area contributed by atoms with Crippen LogP contribution in [0.4, 0.5) is 5.69 Å². The number of carboxylic acid groups (broad SMARTS) is 1. The molecule has 2 aromatic rings. The van der Waals surface area contributed by atoms with E-state index in [-0.39, 0.29) is 11.5 Å². The largest absolute Gasteiger partial charge is 0.478 e. The van der Waals surface area contributed by atoms with Crippen LogP contribution < -0.4 is 5.32 Å². The monoisotopic (exact) mass is 303 g/mol. The van der Waals surface area contributed by atoms with Crippen molar-refractivity contribution >= 4 is 29.2 Å². The molecule has 0 atom stereocenters. The number of rotatable bonds is 3. The van der Waals surface area contributed by atoms with Crippen molar-refractivity contribution in [3.05, 3.63) is 63.7 Å². The van der Waals surface area contributed by atoms with Crippen LogP contribution in [0.3, 0.4) is 0 Å². The van der Waals surface area contributed by atoms with E-state index in [0.29, 0.717) is 16.3 Å². The summed E-state index contributed by atoms with van der Waals surface area (Å²) in [5, 5.41) is 12.2. The van der Waals surface area contributed by atoms with E-state index in [4.69, 9.17) is 16.7 Å². The summed E-state index contributed by atoms with van der Waals surface area (Å²) in [6.45, 7) is 3.61. The number of carbonyl (C=O) groups is 2. The van der Waals surface area contributed by atoms with E-state index < -0.39 is 5.97 Å². The Kier molecular flexibility index (Phi) is 4.29. The molecule has 0 spiro atoms. The highest BCUT2D eigenvalue weighted by atomic mass is 35.5. The highest BCUT2D eigenvalue weighted by molar-refractivity contribution is 6.31. The average Bonchev–Trinajstić information content (AvgIpc) is 2.43. The number of aromatic carboxylic acids is 1. The molecule has 0 bridgehead atoms. The van der Waals surface area contributed by atoms with Crippen LogP contribution in [0, 0.1) is 13.8 Å². The van der Waals surface area contributed by atoms with Crippen molar-refractivity contribution in [1.82, 2.24) is 0 Å². The van der Waals surface area contributed by atoms with E-state index >= 15 is 0 Å². The van der Waals surface area contributed by atoms with Gasteiger partial charge in [-0.15, -0.1) is 0 Å². The fraction of sp³-hybridized carbons (Fsp3) is 0.125. The van der Waals surface area contributed by atoms with E-state index in [2.05, 4.69) is 5.32 Å². The molecule has 1 amide bonds. The van der Waals surface area contributed by atoms with Crippen LogP contribution >= 0.6 is 11.6 Å². The molecule has 0 saturated carbocycles. The second kappa shape index (κ2) is 5.97. The molecule has 2 rings (SSSR count). The maximum Gasteiger partial charge on any atom is 0.335 e. The van der Waals surface area contributed by atoms with Crippen molar-refractivity contribution in [2.24, 2.45) is 0 Å². The third-order valence-corrected chi connectivity index (χ3v) is 3.41. The molecule has 0 aliphatic rings. The zero-order valence-corrected chi connectivity index (χ0v) is 12.4. The Hall–Kier alpha value is -2.33. The van der Waals surface area contributed by atoms with Crippen LogP contribution in [0.5, 0.6) is 0 Å². The van der Waals surface area contributed by atoms with Crippen molar-refractivity contribution in [3.8, 4) is 0 Å². The number of nitrogens with one attached hydrogen (secondary N) is 1. The van der Waals surface area contributed by atoms with Crippen LogP contribution in [0.25, 0.3) is 0 Å². The molecule has 0 radical (unpaired) electrons. The van der Waals surface area contributed by atoms with Gasteiger partial charge in [-0.1, -0.05) is 23.7 Å². The first-order valence-electron chi connectivity index (χ1n) is 6.30. The molecule has 0 unspecified atom stereocenters. The topological polar surface area (TPSA) is 66.4 Å². The zero-order chi connectivity index (χ0) is 15.6. The molecule has 4 nitrogen and oxygen atoms in total. The normalized spacial score (nSPS) is 10.2. The molecule has 0 fully saturated rings. The van der Waals surface area contributed by atoms with Crippen LogP contribution in [0.2, 0.25) is 5.02 Å². The van der Waals surface area contributed by atoms with Crippen molar-refractivity contribution < 1.29 is 14.7 Å². The minimum Gasteiger partial charge on any atom is -0.478 e. The van der Waals surface area contributed by atoms with Gasteiger partial charge in [-0.25, -0.2) is 4.79 Å². The number of carbonyl (C=O) groups excluding carboxylic acids is 1. The number of anilines is 1. The van der Waals surface area contributed by atoms with Gasteiger partial charge in [-0.2, -0.15) is 0 Å². The number of hydrogen-bond acceptors (Lipinski definition) is 2. The number of aryl methyl sites for hydroxylation is 2. The van der Waals surface area contributed by atoms with Gasteiger partial charge in [0.15, 0.2) is 0 Å². The Bertz CT molecular complexity index is 725. The summed E-state index contributed by atoms with van der Waals surface area (Å²) in [4.78, 5) is 23.3. The predicted octanol–water partition coefficient (Wildman–Crippen LogP) is 3.91. The molecule has 108 valence electrons. The molecule has 2 N–H and O–H groups in total. The first-order valence-corrected chi connectivity index (χ1v) is 6.67. The number of amides is 1. The lowest BCUT2D eigenvalue weighted by Crippen LogP contribution is -2.14. The minimum absolute atomic E-state index is 0.124. The molecule has 0 aliphatic carbocycles. The maximum absolute atomic E-state index is 12.3. The van der Waals surface area contributed by atoms with Gasteiger partial charge >= 0.3 is 5.97 Å². The smallest absolute Gasteiger partial charge is 0.335 e. The van der Waals surface area contributed by atoms with Gasteiger partial charge in [0.05, 0.1) is 5.56 Å². The Morgan fingerprint density at radius 3 is 2.38 bits per heavy atom. The fourth-order valence-corrected chi connectivity index (χ4v) is 2.09. The molecular weight excluding hydrogens is 290 g/mol. The Labute approximate surface area is 127 Å². The lowest BCUT2D eigenvalue weighted by molar-refractivity contribution is 0.0696. The fourth-order valence-electron chi connectivity index (χ4n) is 1.92. The van der Waals surface area contributed by atoms with E-state index in [0.717, 1.165) is 11.1 Å². The van der Waals surface area contributed by atoms with Crippen LogP contribution in [0.1, 0.15) is 31.8 Å². The van der Waals surface area contributed by atoms with Crippen LogP contribution in [-0.4, -0.2) is 17.0 Å². The Balaban J connectivity index is 2.33. The SMILES string of the molecule is Cc1ccc(C(=O)O)cc1NC(=O)c1cc(Cl)ccc1C. The van der Waals surface area contributed by atoms with E-state index in [1.165, 1.54) is 12.1 Å². The summed E-state index contributed by atoms with van der Waals surface area (Å²) in [6, 6.07) is 9.65. The lowest BCUT2D eigenvalue weighted by Gasteiger charge is -2.11. The van der Waals surface area contributed by atoms with Crippen molar-refractivity contribution in [1.29, 1.82) is 0 Å². The first-order chi connectivity index (χ1) is 9.88. The summed E-state index contributed by atoms with van der Waals surface area (Å²) in [6.07, 6.45) is 0. The van der Waals surface area contributed by atoms with E-state index in [9.17, 15) is 9.59 Å². The molecule has 0 aliphatic heterocycles. The number of carboxylic acids is 1. The zero-order valence-electron chi connectivity index (χ0n) is 11.6. The molecule has 2 aromatic carbocycles. The van der Waals surface area contributed by atoms with Crippen molar-refractivity contribution in [2.75, 3.05) is 5.32 Å². The summed E-state index contributed by atoms with van der Waals surface area (Å²) >= 11 is 5.90. The highest BCUT2D eigenvalue weighted by Crippen LogP contribution is 2.20. The number of hydrogen-bond donors (Lipinski definition) is 2. The van der Waals surface area contributed by atoms with Gasteiger partial charge in [0.25, 0.3) is 5.91 Å². The van der Waals surface area contributed by atoms with Gasteiger partial charge in [0, 0.05) is 16.3 Å². The number of halogens is 1. The Morgan fingerprint density at radius 2 is 1.71 bits per heavy atom. The molecule has 0 aromatic heterocycles. The second-order valence-corrected chi connectivity index (χ2v) is 5.18. The molecular formula is C16H14ClNO3. The summed E-state index contributed by atoms with van der Waals surface area (Å²) in [7, 11) is 0. The van der Waals surface area contributed by atoms with Crippen molar-refractivity contribution in [2.45, 2.75) is 13.8 Å². The predicted molar refractivity (Wildman–Crippen MR) is 82.3 cm³/mol. The van der Waals surface area contributed by atoms with Crippen LogP contribution in [-0.2, 0) is 0 Å². The molecule has 0 heterocycles. The van der Waals surface area contributed by atoms with Gasteiger partial charge in [-0.3, -0.25) is 4.79 Å². The second-order valence-electron chi connectivity index (χ2n) is 4.75. The average molecular weight is 304 g/mol. The van der Waals surface area contributed by atoms with Gasteiger partial charge in [0.1, 0.15) is 0 Å². The van der Waals surface area contributed by atoms with E-state index in [1.54, 1.807) is 31.2 Å². The standard InChI is InChI=1S/C16H14ClNO3/c1-9-4-6-12(17)8-13(9)15(19)18-14-7-11(16(20)21)5-3-10(14)2/h3-8H,1-2H3,(H,18,19)(H,20,21). The Morgan fingerprint density at radius 1 is 1.05 bits per heavy atom. The first kappa shape index (κ1) is 15.1. The third-order valence-electron chi connectivity index (χ3n) is 3.18. The number of benzene rings is 2. The molecule has 21 heavy (non-hydrogen) atoms. The quantitative estimate of drug-likeness (QED) is 0.903. The third kappa shape index (κ3) is 3.41. The van der Waals surface area contributed by atoms with E-state index in [1.807, 2.05) is 6.92 Å². The molecule has 5 heteroatoms.